The lowest BCUT2D eigenvalue weighted by Gasteiger charge is -2.33. The molecule has 31 heavy (non-hydrogen) atoms. The van der Waals surface area contributed by atoms with Crippen molar-refractivity contribution in [2.75, 3.05) is 20.2 Å². The highest BCUT2D eigenvalue weighted by Gasteiger charge is 2.27. The minimum Gasteiger partial charge on any atom is -0.496 e. The van der Waals surface area contributed by atoms with Crippen LogP contribution in [0.5, 0.6) is 5.75 Å². The summed E-state index contributed by atoms with van der Waals surface area (Å²) in [7, 11) is 1.72. The number of methoxy groups -OCH3 is 1. The predicted molar refractivity (Wildman–Crippen MR) is 124 cm³/mol. The van der Waals surface area contributed by atoms with E-state index in [9.17, 15) is 4.79 Å². The van der Waals surface area contributed by atoms with E-state index in [-0.39, 0.29) is 17.9 Å². The first-order valence-electron chi connectivity index (χ1n) is 11.0. The highest BCUT2D eigenvalue weighted by Crippen LogP contribution is 2.26. The van der Waals surface area contributed by atoms with Gasteiger partial charge >= 0.3 is 0 Å². The van der Waals surface area contributed by atoms with E-state index in [2.05, 4.69) is 22.3 Å². The van der Waals surface area contributed by atoms with Crippen LogP contribution in [0.4, 0.5) is 0 Å². The Bertz CT molecular complexity index is 927. The summed E-state index contributed by atoms with van der Waals surface area (Å²) in [5.41, 5.74) is 3.26. The molecule has 0 spiro atoms. The Morgan fingerprint density at radius 1 is 0.903 bits per heavy atom. The van der Waals surface area contributed by atoms with Crippen LogP contribution in [0.3, 0.4) is 0 Å². The van der Waals surface area contributed by atoms with Crippen molar-refractivity contribution in [3.63, 3.8) is 0 Å². The molecule has 1 amide bonds. The summed E-state index contributed by atoms with van der Waals surface area (Å²) >= 11 is 0. The molecule has 4 nitrogen and oxygen atoms in total. The number of hydrogen-bond donors (Lipinski definition) is 1. The van der Waals surface area contributed by atoms with Gasteiger partial charge in [-0.25, -0.2) is 0 Å². The topological polar surface area (TPSA) is 41.6 Å². The second-order valence-corrected chi connectivity index (χ2v) is 8.13. The maximum Gasteiger partial charge on any atom is 0.232 e. The molecule has 0 aromatic heterocycles. The van der Waals surface area contributed by atoms with Gasteiger partial charge in [-0.15, -0.1) is 0 Å². The van der Waals surface area contributed by atoms with Gasteiger partial charge < -0.3 is 10.1 Å². The van der Waals surface area contributed by atoms with Crippen LogP contribution in [-0.2, 0) is 11.3 Å². The first-order chi connectivity index (χ1) is 15.2. The predicted octanol–water partition coefficient (Wildman–Crippen LogP) is 4.61. The number of carbonyl (C=O) groups is 1. The molecular weight excluding hydrogens is 384 g/mol. The SMILES string of the molecule is COc1ccccc1CN1CCC(NC(=O)C(c2ccccc2)c2ccccc2)CC1. The van der Waals surface area contributed by atoms with Gasteiger partial charge in [0.2, 0.25) is 5.91 Å². The summed E-state index contributed by atoms with van der Waals surface area (Å²) in [5.74, 6) is 0.737. The molecule has 0 aliphatic carbocycles. The van der Waals surface area contributed by atoms with Gasteiger partial charge in [0.1, 0.15) is 5.75 Å². The monoisotopic (exact) mass is 414 g/mol. The Morgan fingerprint density at radius 2 is 1.45 bits per heavy atom. The fraction of sp³-hybridized carbons (Fsp3) is 0.296. The van der Waals surface area contributed by atoms with Gasteiger partial charge in [0.25, 0.3) is 0 Å². The molecule has 0 bridgehead atoms. The van der Waals surface area contributed by atoms with Crippen LogP contribution < -0.4 is 10.1 Å². The number of piperidine rings is 1. The molecule has 1 saturated heterocycles. The standard InChI is InChI=1S/C27H30N2O2/c1-31-25-15-9-8-14-23(25)20-29-18-16-24(17-19-29)28-27(30)26(21-10-4-2-5-11-21)22-12-6-3-7-13-22/h2-15,24,26H,16-20H2,1H3,(H,28,30). The maximum absolute atomic E-state index is 13.3. The zero-order chi connectivity index (χ0) is 21.5. The third-order valence-corrected chi connectivity index (χ3v) is 6.05. The van der Waals surface area contributed by atoms with Crippen molar-refractivity contribution in [2.45, 2.75) is 31.3 Å². The molecule has 160 valence electrons. The number of likely N-dealkylation sites (tertiary alicyclic amines) is 1. The molecule has 0 unspecified atom stereocenters. The third-order valence-electron chi connectivity index (χ3n) is 6.05. The van der Waals surface area contributed by atoms with Crippen LogP contribution in [0, 0.1) is 0 Å². The number of rotatable bonds is 7. The Hall–Kier alpha value is -3.11. The fourth-order valence-electron chi connectivity index (χ4n) is 4.38. The molecule has 4 rings (SSSR count). The van der Waals surface area contributed by atoms with Crippen LogP contribution in [0.1, 0.15) is 35.4 Å². The lowest BCUT2D eigenvalue weighted by Crippen LogP contribution is -2.45. The number of nitrogens with one attached hydrogen (secondary N) is 1. The zero-order valence-corrected chi connectivity index (χ0v) is 18.0. The minimum absolute atomic E-state index is 0.0839. The number of hydrogen-bond acceptors (Lipinski definition) is 3. The molecule has 0 saturated carbocycles. The number of carbonyl (C=O) groups excluding carboxylic acids is 1. The van der Waals surface area contributed by atoms with Crippen molar-refractivity contribution < 1.29 is 9.53 Å². The number of para-hydroxylation sites is 1. The highest BCUT2D eigenvalue weighted by atomic mass is 16.5. The van der Waals surface area contributed by atoms with Gasteiger partial charge in [0.15, 0.2) is 0 Å². The average molecular weight is 415 g/mol. The van der Waals surface area contributed by atoms with Gasteiger partial charge in [0.05, 0.1) is 13.0 Å². The summed E-state index contributed by atoms with van der Waals surface area (Å²) in [6.07, 6.45) is 1.91. The Kier molecular flexibility index (Phi) is 7.00. The second kappa shape index (κ2) is 10.3. The van der Waals surface area contributed by atoms with Gasteiger partial charge in [-0.05, 0) is 30.0 Å². The van der Waals surface area contributed by atoms with E-state index in [0.717, 1.165) is 49.4 Å². The summed E-state index contributed by atoms with van der Waals surface area (Å²) in [5, 5.41) is 3.33. The van der Waals surface area contributed by atoms with E-state index in [1.807, 2.05) is 72.8 Å². The number of benzene rings is 3. The van der Waals surface area contributed by atoms with E-state index in [1.54, 1.807) is 7.11 Å². The van der Waals surface area contributed by atoms with Crippen molar-refractivity contribution in [3.8, 4) is 5.75 Å². The van der Waals surface area contributed by atoms with Crippen LogP contribution in [0.2, 0.25) is 0 Å². The Labute approximate surface area is 184 Å². The van der Waals surface area contributed by atoms with Crippen molar-refractivity contribution in [1.82, 2.24) is 10.2 Å². The number of ether oxygens (including phenoxy) is 1. The molecule has 3 aromatic rings. The van der Waals surface area contributed by atoms with E-state index < -0.39 is 0 Å². The maximum atomic E-state index is 13.3. The second-order valence-electron chi connectivity index (χ2n) is 8.13. The van der Waals surface area contributed by atoms with Gasteiger partial charge in [-0.3, -0.25) is 9.69 Å². The minimum atomic E-state index is -0.283. The van der Waals surface area contributed by atoms with Gasteiger partial charge in [-0.1, -0.05) is 78.9 Å². The van der Waals surface area contributed by atoms with Crippen LogP contribution >= 0.6 is 0 Å². The van der Waals surface area contributed by atoms with E-state index in [1.165, 1.54) is 5.56 Å². The Morgan fingerprint density at radius 3 is 2.03 bits per heavy atom. The smallest absolute Gasteiger partial charge is 0.232 e. The lowest BCUT2D eigenvalue weighted by molar-refractivity contribution is -0.122. The number of nitrogens with zero attached hydrogens (tertiary/aromatic N) is 1. The van der Waals surface area contributed by atoms with Gasteiger partial charge in [-0.2, -0.15) is 0 Å². The molecule has 0 atom stereocenters. The van der Waals surface area contributed by atoms with Crippen LogP contribution in [0.15, 0.2) is 84.9 Å². The van der Waals surface area contributed by atoms with Gasteiger partial charge in [0, 0.05) is 31.2 Å². The molecule has 1 N–H and O–H groups in total. The van der Waals surface area contributed by atoms with Crippen LogP contribution in [-0.4, -0.2) is 37.0 Å². The van der Waals surface area contributed by atoms with Crippen molar-refractivity contribution >= 4 is 5.91 Å². The highest BCUT2D eigenvalue weighted by molar-refractivity contribution is 5.87. The fourth-order valence-corrected chi connectivity index (χ4v) is 4.38. The van der Waals surface area contributed by atoms with Crippen molar-refractivity contribution in [1.29, 1.82) is 0 Å². The summed E-state index contributed by atoms with van der Waals surface area (Å²) < 4.78 is 5.49. The van der Waals surface area contributed by atoms with Crippen LogP contribution in [0.25, 0.3) is 0 Å². The molecule has 1 aliphatic heterocycles. The summed E-state index contributed by atoms with van der Waals surface area (Å²) in [4.78, 5) is 15.8. The third kappa shape index (κ3) is 5.33. The summed E-state index contributed by atoms with van der Waals surface area (Å²) in [6, 6.07) is 28.5. The van der Waals surface area contributed by atoms with E-state index in [0.29, 0.717) is 0 Å². The van der Waals surface area contributed by atoms with E-state index in [4.69, 9.17) is 4.74 Å². The molecule has 1 fully saturated rings. The molecule has 1 heterocycles. The lowest BCUT2D eigenvalue weighted by atomic mass is 9.90. The molecule has 1 aliphatic rings. The van der Waals surface area contributed by atoms with E-state index >= 15 is 0 Å². The van der Waals surface area contributed by atoms with Crippen molar-refractivity contribution in [3.05, 3.63) is 102 Å². The zero-order valence-electron chi connectivity index (χ0n) is 18.0. The Balaban J connectivity index is 1.38. The first-order valence-corrected chi connectivity index (χ1v) is 11.0. The average Bonchev–Trinajstić information content (AvgIpc) is 2.82. The number of amides is 1. The molecule has 4 heteroatoms. The normalized spacial score (nSPS) is 15.0. The summed E-state index contributed by atoms with van der Waals surface area (Å²) in [6.45, 7) is 2.80. The molecular formula is C27H30N2O2. The first kappa shape index (κ1) is 21.1. The molecule has 3 aromatic carbocycles. The van der Waals surface area contributed by atoms with Crippen molar-refractivity contribution in [2.24, 2.45) is 0 Å². The quantitative estimate of drug-likeness (QED) is 0.614. The molecule has 0 radical (unpaired) electrons. The largest absolute Gasteiger partial charge is 0.496 e.